The molecule has 0 bridgehead atoms. The zero-order valence-electron chi connectivity index (χ0n) is 11.2. The molecule has 0 aliphatic carbocycles. The minimum absolute atomic E-state index is 0.287. The first-order valence-electron chi connectivity index (χ1n) is 6.16. The first-order chi connectivity index (χ1) is 8.17. The van der Waals surface area contributed by atoms with Crippen molar-refractivity contribution >= 4 is 11.6 Å². The Kier molecular flexibility index (Phi) is 5.77. The van der Waals surface area contributed by atoms with Gasteiger partial charge in [0.15, 0.2) is 0 Å². The van der Waals surface area contributed by atoms with E-state index >= 15 is 0 Å². The molecule has 4 nitrogen and oxygen atoms in total. The van der Waals surface area contributed by atoms with Gasteiger partial charge in [-0.25, -0.2) is 4.98 Å². The molecule has 4 heteroatoms. The number of hydrogen-bond acceptors (Lipinski definition) is 4. The second-order valence-corrected chi connectivity index (χ2v) is 4.31. The lowest BCUT2D eigenvalue weighted by molar-refractivity contribution is 0.126. The summed E-state index contributed by atoms with van der Waals surface area (Å²) in [5, 5.41) is 6.44. The molecule has 1 aromatic rings. The summed E-state index contributed by atoms with van der Waals surface area (Å²) < 4.78 is 5.48. The fraction of sp³-hybridized carbons (Fsp3) is 0.615. The molecule has 0 aliphatic heterocycles. The summed E-state index contributed by atoms with van der Waals surface area (Å²) in [5.41, 5.74) is 0. The van der Waals surface area contributed by atoms with Gasteiger partial charge in [-0.3, -0.25) is 0 Å². The second kappa shape index (κ2) is 7.12. The average molecular weight is 237 g/mol. The Hall–Kier alpha value is -1.29. The van der Waals surface area contributed by atoms with Crippen molar-refractivity contribution in [1.29, 1.82) is 0 Å². The van der Waals surface area contributed by atoms with E-state index < -0.39 is 0 Å². The molecule has 0 amide bonds. The van der Waals surface area contributed by atoms with Crippen LogP contribution in [0.25, 0.3) is 0 Å². The number of nitrogens with zero attached hydrogens (tertiary/aromatic N) is 1. The van der Waals surface area contributed by atoms with E-state index in [4.69, 9.17) is 4.74 Å². The molecule has 0 radical (unpaired) electrons. The van der Waals surface area contributed by atoms with Gasteiger partial charge < -0.3 is 15.4 Å². The minimum atomic E-state index is 0.287. The van der Waals surface area contributed by atoms with Gasteiger partial charge in [0, 0.05) is 13.7 Å². The van der Waals surface area contributed by atoms with Gasteiger partial charge in [-0.05, 0) is 25.0 Å². The van der Waals surface area contributed by atoms with E-state index in [0.717, 1.165) is 18.2 Å². The topological polar surface area (TPSA) is 46.2 Å². The summed E-state index contributed by atoms with van der Waals surface area (Å²) in [6, 6.07) is 6.19. The van der Waals surface area contributed by atoms with Gasteiger partial charge in [0.05, 0.1) is 12.6 Å². The molecule has 17 heavy (non-hydrogen) atoms. The molecule has 0 aliphatic rings. The Bertz CT molecular complexity index is 328. The number of aromatic nitrogens is 1. The van der Waals surface area contributed by atoms with Crippen molar-refractivity contribution in [2.24, 2.45) is 5.92 Å². The molecule has 1 unspecified atom stereocenters. The van der Waals surface area contributed by atoms with Crippen LogP contribution < -0.4 is 10.6 Å². The Balaban J connectivity index is 2.64. The Morgan fingerprint density at radius 2 is 2.00 bits per heavy atom. The fourth-order valence-corrected chi connectivity index (χ4v) is 1.49. The predicted octanol–water partition coefficient (Wildman–Crippen LogP) is 2.60. The van der Waals surface area contributed by atoms with E-state index in [1.54, 1.807) is 0 Å². The maximum absolute atomic E-state index is 5.48. The fourth-order valence-electron chi connectivity index (χ4n) is 1.49. The molecule has 0 aromatic carbocycles. The Morgan fingerprint density at radius 3 is 2.59 bits per heavy atom. The molecule has 1 heterocycles. The number of nitrogens with one attached hydrogen (secondary N) is 2. The maximum Gasteiger partial charge on any atom is 0.128 e. The summed E-state index contributed by atoms with van der Waals surface area (Å²) in [6.45, 7) is 7.82. The van der Waals surface area contributed by atoms with Crippen LogP contribution in [0.3, 0.4) is 0 Å². The molecular formula is C13H23N3O. The minimum Gasteiger partial charge on any atom is -0.380 e. The lowest BCUT2D eigenvalue weighted by Gasteiger charge is -2.22. The van der Waals surface area contributed by atoms with Crippen LogP contribution in [0.1, 0.15) is 20.8 Å². The van der Waals surface area contributed by atoms with Crippen LogP contribution in [0.2, 0.25) is 0 Å². The van der Waals surface area contributed by atoms with E-state index in [1.807, 2.05) is 32.2 Å². The molecule has 0 fully saturated rings. The largest absolute Gasteiger partial charge is 0.380 e. The van der Waals surface area contributed by atoms with Gasteiger partial charge in [0.2, 0.25) is 0 Å². The SMILES string of the molecule is CCOCC(Nc1cccc(NC)n1)C(C)C. The van der Waals surface area contributed by atoms with E-state index in [2.05, 4.69) is 29.5 Å². The number of pyridine rings is 1. The summed E-state index contributed by atoms with van der Waals surface area (Å²) in [6.07, 6.45) is 0. The predicted molar refractivity (Wildman–Crippen MR) is 72.5 cm³/mol. The van der Waals surface area contributed by atoms with Crippen LogP contribution in [-0.4, -0.2) is 31.3 Å². The number of rotatable bonds is 7. The number of hydrogen-bond donors (Lipinski definition) is 2. The standard InChI is InChI=1S/C13H23N3O/c1-5-17-9-11(10(2)3)15-13-8-6-7-12(14-4)16-13/h6-8,10-11H,5,9H2,1-4H3,(H2,14,15,16). The second-order valence-electron chi connectivity index (χ2n) is 4.31. The van der Waals surface area contributed by atoms with Crippen LogP contribution in [-0.2, 0) is 4.74 Å². The highest BCUT2D eigenvalue weighted by Gasteiger charge is 2.13. The first-order valence-corrected chi connectivity index (χ1v) is 6.16. The molecule has 96 valence electrons. The molecule has 2 N–H and O–H groups in total. The van der Waals surface area contributed by atoms with Gasteiger partial charge in [0.25, 0.3) is 0 Å². The summed E-state index contributed by atoms with van der Waals surface area (Å²) in [4.78, 5) is 4.44. The van der Waals surface area contributed by atoms with Crippen LogP contribution >= 0.6 is 0 Å². The quantitative estimate of drug-likeness (QED) is 0.765. The third kappa shape index (κ3) is 4.61. The molecule has 1 rings (SSSR count). The van der Waals surface area contributed by atoms with Crippen molar-refractivity contribution in [2.45, 2.75) is 26.8 Å². The Labute approximate surface area is 104 Å². The molecular weight excluding hydrogens is 214 g/mol. The first kappa shape index (κ1) is 13.8. The van der Waals surface area contributed by atoms with E-state index in [9.17, 15) is 0 Å². The van der Waals surface area contributed by atoms with Crippen molar-refractivity contribution in [3.8, 4) is 0 Å². The van der Waals surface area contributed by atoms with Crippen molar-refractivity contribution in [2.75, 3.05) is 30.9 Å². The summed E-state index contributed by atoms with van der Waals surface area (Å²) in [5.74, 6) is 2.26. The van der Waals surface area contributed by atoms with Crippen LogP contribution in [0, 0.1) is 5.92 Å². The molecule has 1 atom stereocenters. The lowest BCUT2D eigenvalue weighted by atomic mass is 10.1. The molecule has 1 aromatic heterocycles. The van der Waals surface area contributed by atoms with Crippen LogP contribution in [0.5, 0.6) is 0 Å². The number of ether oxygens (including phenoxy) is 1. The smallest absolute Gasteiger partial charge is 0.128 e. The highest BCUT2D eigenvalue weighted by molar-refractivity contribution is 5.45. The van der Waals surface area contributed by atoms with Gasteiger partial charge in [0.1, 0.15) is 11.6 Å². The van der Waals surface area contributed by atoms with E-state index in [-0.39, 0.29) is 6.04 Å². The molecule has 0 saturated carbocycles. The lowest BCUT2D eigenvalue weighted by Crippen LogP contribution is -2.31. The Morgan fingerprint density at radius 1 is 1.29 bits per heavy atom. The highest BCUT2D eigenvalue weighted by Crippen LogP contribution is 2.13. The monoisotopic (exact) mass is 237 g/mol. The van der Waals surface area contributed by atoms with Crippen LogP contribution in [0.15, 0.2) is 18.2 Å². The van der Waals surface area contributed by atoms with Gasteiger partial charge in [-0.2, -0.15) is 0 Å². The summed E-state index contributed by atoms with van der Waals surface area (Å²) >= 11 is 0. The van der Waals surface area contributed by atoms with Gasteiger partial charge >= 0.3 is 0 Å². The normalized spacial score (nSPS) is 12.5. The third-order valence-electron chi connectivity index (χ3n) is 2.64. The van der Waals surface area contributed by atoms with Gasteiger partial charge in [-0.15, -0.1) is 0 Å². The summed E-state index contributed by atoms with van der Waals surface area (Å²) in [7, 11) is 1.87. The van der Waals surface area contributed by atoms with Crippen molar-refractivity contribution in [3.63, 3.8) is 0 Å². The third-order valence-corrected chi connectivity index (χ3v) is 2.64. The molecule has 0 saturated heterocycles. The van der Waals surface area contributed by atoms with Crippen LogP contribution in [0.4, 0.5) is 11.6 Å². The molecule has 0 spiro atoms. The van der Waals surface area contributed by atoms with E-state index in [0.29, 0.717) is 12.5 Å². The van der Waals surface area contributed by atoms with Crippen molar-refractivity contribution in [1.82, 2.24) is 4.98 Å². The average Bonchev–Trinajstić information content (AvgIpc) is 2.34. The van der Waals surface area contributed by atoms with Gasteiger partial charge in [-0.1, -0.05) is 19.9 Å². The van der Waals surface area contributed by atoms with E-state index in [1.165, 1.54) is 0 Å². The maximum atomic E-state index is 5.48. The number of anilines is 2. The highest BCUT2D eigenvalue weighted by atomic mass is 16.5. The van der Waals surface area contributed by atoms with Crippen molar-refractivity contribution in [3.05, 3.63) is 18.2 Å². The zero-order chi connectivity index (χ0) is 12.7. The zero-order valence-corrected chi connectivity index (χ0v) is 11.2. The van der Waals surface area contributed by atoms with Crippen molar-refractivity contribution < 1.29 is 4.74 Å².